The van der Waals surface area contributed by atoms with Crippen LogP contribution in [0.2, 0.25) is 0 Å². The number of hydrogen-bond acceptors (Lipinski definition) is 6. The minimum Gasteiger partial charge on any atom is -0.368 e. The molecule has 0 aliphatic carbocycles. The van der Waals surface area contributed by atoms with E-state index in [9.17, 15) is 4.79 Å². The second kappa shape index (κ2) is 11.7. The maximum atomic E-state index is 13.1. The zero-order valence-electron chi connectivity index (χ0n) is 23.1. The molecule has 1 saturated heterocycles. The Balaban J connectivity index is 1.38. The van der Waals surface area contributed by atoms with E-state index in [1.54, 1.807) is 6.20 Å². The van der Waals surface area contributed by atoms with Crippen LogP contribution in [0.25, 0.3) is 33.6 Å². The fourth-order valence-electron chi connectivity index (χ4n) is 4.90. The van der Waals surface area contributed by atoms with Crippen LogP contribution in [0.1, 0.15) is 38.1 Å². The Morgan fingerprint density at radius 2 is 1.51 bits per heavy atom. The average Bonchev–Trinajstić information content (AvgIpc) is 2.97. The normalized spacial score (nSPS) is 14.2. The summed E-state index contributed by atoms with van der Waals surface area (Å²) in [4.78, 5) is 31.3. The van der Waals surface area contributed by atoms with Crippen LogP contribution in [0.3, 0.4) is 0 Å². The van der Waals surface area contributed by atoms with E-state index in [-0.39, 0.29) is 11.9 Å². The first-order chi connectivity index (χ1) is 18.9. The van der Waals surface area contributed by atoms with Crippen molar-refractivity contribution in [3.8, 4) is 33.6 Å². The molecule has 7 nitrogen and oxygen atoms in total. The summed E-state index contributed by atoms with van der Waals surface area (Å²) in [5.74, 6) is 0.895. The molecule has 7 heteroatoms. The molecule has 0 bridgehead atoms. The molecule has 0 saturated carbocycles. The summed E-state index contributed by atoms with van der Waals surface area (Å²) in [7, 11) is 0. The van der Waals surface area contributed by atoms with Crippen LogP contribution in [-0.2, 0) is 0 Å². The molecule has 0 unspecified atom stereocenters. The minimum atomic E-state index is 0.0980. The van der Waals surface area contributed by atoms with Gasteiger partial charge in [-0.1, -0.05) is 18.2 Å². The molecule has 1 N–H and O–H groups in total. The first kappa shape index (κ1) is 26.5. The molecular formula is C32H36N6O. The summed E-state index contributed by atoms with van der Waals surface area (Å²) in [6, 6.07) is 20.7. The first-order valence-electron chi connectivity index (χ1n) is 13.7. The molecule has 1 amide bonds. The zero-order chi connectivity index (χ0) is 27.4. The zero-order valence-corrected chi connectivity index (χ0v) is 23.1. The SMILES string of the molecule is CC(C)Nc1cc(-c2cncc(-c3ccc(C(=O)N4CCN(C(C)C)CC4)cc3)c2)cc(-c2ccccn2)n1. The molecule has 1 aliphatic rings. The number of carbonyl (C=O) groups excluding carboxylic acids is 1. The maximum absolute atomic E-state index is 13.1. The van der Waals surface area contributed by atoms with Crippen LogP contribution in [0.15, 0.2) is 79.3 Å². The monoisotopic (exact) mass is 520 g/mol. The van der Waals surface area contributed by atoms with E-state index in [0.29, 0.717) is 6.04 Å². The highest BCUT2D eigenvalue weighted by Gasteiger charge is 2.23. The molecular weight excluding hydrogens is 484 g/mol. The lowest BCUT2D eigenvalue weighted by Crippen LogP contribution is -2.50. The minimum absolute atomic E-state index is 0.0980. The van der Waals surface area contributed by atoms with E-state index in [0.717, 1.165) is 71.2 Å². The summed E-state index contributed by atoms with van der Waals surface area (Å²) >= 11 is 0. The topological polar surface area (TPSA) is 74.2 Å². The second-order valence-electron chi connectivity index (χ2n) is 10.6. The lowest BCUT2D eigenvalue weighted by Gasteiger charge is -2.37. The predicted octanol–water partition coefficient (Wildman–Crippen LogP) is 5.86. The Bertz CT molecular complexity index is 1410. The van der Waals surface area contributed by atoms with E-state index < -0.39 is 0 Å². The Labute approximate surface area is 231 Å². The average molecular weight is 521 g/mol. The number of amides is 1. The quantitative estimate of drug-likeness (QED) is 0.329. The fourth-order valence-corrected chi connectivity index (χ4v) is 4.90. The number of hydrogen-bond donors (Lipinski definition) is 1. The summed E-state index contributed by atoms with van der Waals surface area (Å²) in [5, 5.41) is 3.43. The van der Waals surface area contributed by atoms with Gasteiger partial charge in [0, 0.05) is 73.5 Å². The first-order valence-corrected chi connectivity index (χ1v) is 13.7. The van der Waals surface area contributed by atoms with Gasteiger partial charge in [0.15, 0.2) is 0 Å². The van der Waals surface area contributed by atoms with Crippen molar-refractivity contribution in [1.82, 2.24) is 24.8 Å². The van der Waals surface area contributed by atoms with Gasteiger partial charge in [-0.25, -0.2) is 4.98 Å². The molecule has 4 heterocycles. The lowest BCUT2D eigenvalue weighted by atomic mass is 10.0. The molecule has 200 valence electrons. The predicted molar refractivity (Wildman–Crippen MR) is 158 cm³/mol. The maximum Gasteiger partial charge on any atom is 0.253 e. The summed E-state index contributed by atoms with van der Waals surface area (Å²) < 4.78 is 0. The summed E-state index contributed by atoms with van der Waals surface area (Å²) in [6.45, 7) is 12.0. The van der Waals surface area contributed by atoms with Crippen molar-refractivity contribution < 1.29 is 4.79 Å². The van der Waals surface area contributed by atoms with Crippen molar-refractivity contribution in [2.75, 3.05) is 31.5 Å². The van der Waals surface area contributed by atoms with Crippen molar-refractivity contribution >= 4 is 11.7 Å². The molecule has 1 fully saturated rings. The van der Waals surface area contributed by atoms with Gasteiger partial charge in [0.25, 0.3) is 5.91 Å². The molecule has 0 atom stereocenters. The van der Waals surface area contributed by atoms with E-state index in [4.69, 9.17) is 4.98 Å². The van der Waals surface area contributed by atoms with Crippen molar-refractivity contribution in [1.29, 1.82) is 0 Å². The number of nitrogens with one attached hydrogen (secondary N) is 1. The van der Waals surface area contributed by atoms with E-state index in [1.165, 1.54) is 0 Å². The fraction of sp³-hybridized carbons (Fsp3) is 0.312. The van der Waals surface area contributed by atoms with Gasteiger partial charge in [-0.2, -0.15) is 0 Å². The number of aromatic nitrogens is 3. The number of pyridine rings is 3. The number of rotatable bonds is 7. The van der Waals surface area contributed by atoms with Gasteiger partial charge in [-0.3, -0.25) is 19.7 Å². The van der Waals surface area contributed by atoms with Gasteiger partial charge in [-0.15, -0.1) is 0 Å². The van der Waals surface area contributed by atoms with E-state index in [1.807, 2.05) is 65.8 Å². The summed E-state index contributed by atoms with van der Waals surface area (Å²) in [6.07, 6.45) is 5.51. The highest BCUT2D eigenvalue weighted by atomic mass is 16.2. The Morgan fingerprint density at radius 3 is 2.15 bits per heavy atom. The molecule has 0 spiro atoms. The standard InChI is InChI=1S/C32H36N6O/c1-22(2)35-31-19-26(18-30(36-31)29-7-5-6-12-34-29)28-17-27(20-33-21-28)24-8-10-25(11-9-24)32(39)38-15-13-37(14-16-38)23(3)4/h5-12,17-23H,13-16H2,1-4H3,(H,35,36). The smallest absolute Gasteiger partial charge is 0.253 e. The molecule has 1 aromatic carbocycles. The molecule has 1 aliphatic heterocycles. The number of benzene rings is 1. The highest BCUT2D eigenvalue weighted by Crippen LogP contribution is 2.30. The lowest BCUT2D eigenvalue weighted by molar-refractivity contribution is 0.0595. The van der Waals surface area contributed by atoms with Crippen LogP contribution in [0, 0.1) is 0 Å². The van der Waals surface area contributed by atoms with Crippen LogP contribution < -0.4 is 5.32 Å². The Morgan fingerprint density at radius 1 is 0.795 bits per heavy atom. The van der Waals surface area contributed by atoms with Gasteiger partial charge < -0.3 is 10.2 Å². The van der Waals surface area contributed by atoms with Crippen LogP contribution >= 0.6 is 0 Å². The molecule has 0 radical (unpaired) electrons. The number of piperazine rings is 1. The third-order valence-corrected chi connectivity index (χ3v) is 7.06. The van der Waals surface area contributed by atoms with E-state index >= 15 is 0 Å². The van der Waals surface area contributed by atoms with Gasteiger partial charge in [-0.05, 0) is 81.3 Å². The Hall–Kier alpha value is -4.10. The highest BCUT2D eigenvalue weighted by molar-refractivity contribution is 5.95. The van der Waals surface area contributed by atoms with Gasteiger partial charge in [0.1, 0.15) is 5.82 Å². The third kappa shape index (κ3) is 6.32. The van der Waals surface area contributed by atoms with Gasteiger partial charge >= 0.3 is 0 Å². The third-order valence-electron chi connectivity index (χ3n) is 7.06. The number of nitrogens with zero attached hydrogens (tertiary/aromatic N) is 5. The van der Waals surface area contributed by atoms with Crippen molar-refractivity contribution in [2.24, 2.45) is 0 Å². The van der Waals surface area contributed by atoms with Crippen molar-refractivity contribution in [3.05, 3.63) is 84.8 Å². The molecule has 4 aromatic rings. The molecule has 39 heavy (non-hydrogen) atoms. The Kier molecular flexibility index (Phi) is 7.98. The van der Waals surface area contributed by atoms with Gasteiger partial charge in [0.05, 0.1) is 11.4 Å². The second-order valence-corrected chi connectivity index (χ2v) is 10.6. The largest absolute Gasteiger partial charge is 0.368 e. The van der Waals surface area contributed by atoms with Crippen LogP contribution in [-0.4, -0.2) is 68.9 Å². The summed E-state index contributed by atoms with van der Waals surface area (Å²) in [5.41, 5.74) is 6.36. The number of anilines is 1. The van der Waals surface area contributed by atoms with Gasteiger partial charge in [0.2, 0.25) is 0 Å². The number of carbonyl (C=O) groups is 1. The van der Waals surface area contributed by atoms with Crippen LogP contribution in [0.5, 0.6) is 0 Å². The molecule has 3 aromatic heterocycles. The van der Waals surface area contributed by atoms with Crippen LogP contribution in [0.4, 0.5) is 5.82 Å². The van der Waals surface area contributed by atoms with Crippen molar-refractivity contribution in [3.63, 3.8) is 0 Å². The van der Waals surface area contributed by atoms with E-state index in [2.05, 4.69) is 60.0 Å². The van der Waals surface area contributed by atoms with Crippen molar-refractivity contribution in [2.45, 2.75) is 39.8 Å². The molecule has 5 rings (SSSR count).